The van der Waals surface area contributed by atoms with E-state index in [1.807, 2.05) is 0 Å². The Hall–Kier alpha value is -2.56. The lowest BCUT2D eigenvalue weighted by Gasteiger charge is -2.18. The van der Waals surface area contributed by atoms with Crippen LogP contribution in [-0.2, 0) is 10.8 Å². The highest BCUT2D eigenvalue weighted by Crippen LogP contribution is 2.37. The van der Waals surface area contributed by atoms with Gasteiger partial charge in [-0.05, 0) is 34.1 Å². The molecule has 2 aromatic heterocycles. The monoisotopic (exact) mass is 456 g/mol. The van der Waals surface area contributed by atoms with E-state index in [1.54, 1.807) is 22.7 Å². The van der Waals surface area contributed by atoms with Gasteiger partial charge in [0.15, 0.2) is 0 Å². The van der Waals surface area contributed by atoms with Crippen molar-refractivity contribution in [3.8, 4) is 21.1 Å². The van der Waals surface area contributed by atoms with E-state index < -0.39 is 0 Å². The molecule has 0 aliphatic carbocycles. The van der Waals surface area contributed by atoms with E-state index in [4.69, 9.17) is 9.97 Å². The topological polar surface area (TPSA) is 25.8 Å². The summed E-state index contributed by atoms with van der Waals surface area (Å²) in [6.07, 6.45) is 0. The molecule has 3 aromatic carbocycles. The van der Waals surface area contributed by atoms with Gasteiger partial charge in [-0.2, -0.15) is 0 Å². The van der Waals surface area contributed by atoms with Crippen LogP contribution in [0.4, 0.5) is 0 Å². The van der Waals surface area contributed by atoms with Crippen molar-refractivity contribution >= 4 is 43.1 Å². The molecule has 0 N–H and O–H groups in total. The average molecular weight is 457 g/mol. The first-order valence-electron chi connectivity index (χ1n) is 11.0. The number of benzene rings is 3. The van der Waals surface area contributed by atoms with Crippen molar-refractivity contribution < 1.29 is 0 Å². The van der Waals surface area contributed by atoms with Gasteiger partial charge < -0.3 is 0 Å². The molecule has 0 amide bonds. The molecule has 0 saturated heterocycles. The number of thiazole rings is 2. The van der Waals surface area contributed by atoms with Crippen LogP contribution in [0.1, 0.15) is 52.7 Å². The van der Waals surface area contributed by atoms with Crippen molar-refractivity contribution in [3.05, 3.63) is 71.8 Å². The van der Waals surface area contributed by atoms with E-state index in [0.717, 1.165) is 21.0 Å². The summed E-state index contributed by atoms with van der Waals surface area (Å²) in [5.41, 5.74) is 7.46. The molecule has 2 heterocycles. The Morgan fingerprint density at radius 2 is 0.875 bits per heavy atom. The molecule has 32 heavy (non-hydrogen) atoms. The highest BCUT2D eigenvalue weighted by Gasteiger charge is 2.16. The number of hydrogen-bond acceptors (Lipinski definition) is 4. The summed E-state index contributed by atoms with van der Waals surface area (Å²) >= 11 is 3.48. The van der Waals surface area contributed by atoms with Gasteiger partial charge in [-0.15, -0.1) is 22.7 Å². The Morgan fingerprint density at radius 3 is 1.19 bits per heavy atom. The van der Waals surface area contributed by atoms with Crippen molar-refractivity contribution in [1.82, 2.24) is 9.97 Å². The SMILES string of the molecule is CC(C)(C)c1ccc(-c2nc3cc4sc(-c5ccc(C(C)(C)C)cc5)nc4cc3s2)cc1. The quantitative estimate of drug-likeness (QED) is 0.265. The minimum atomic E-state index is 0.160. The molecule has 5 rings (SSSR count). The molecule has 0 fully saturated rings. The van der Waals surface area contributed by atoms with Gasteiger partial charge in [-0.1, -0.05) is 90.1 Å². The van der Waals surface area contributed by atoms with Crippen molar-refractivity contribution in [2.45, 2.75) is 52.4 Å². The van der Waals surface area contributed by atoms with Crippen LogP contribution in [0.5, 0.6) is 0 Å². The summed E-state index contributed by atoms with van der Waals surface area (Å²) in [6, 6.07) is 22.0. The summed E-state index contributed by atoms with van der Waals surface area (Å²) in [7, 11) is 0. The lowest BCUT2D eigenvalue weighted by molar-refractivity contribution is 0.590. The average Bonchev–Trinajstić information content (AvgIpc) is 3.34. The van der Waals surface area contributed by atoms with Crippen molar-refractivity contribution in [3.63, 3.8) is 0 Å². The number of nitrogens with zero attached hydrogens (tertiary/aromatic N) is 2. The molecule has 162 valence electrons. The van der Waals surface area contributed by atoms with Gasteiger partial charge in [0, 0.05) is 11.1 Å². The van der Waals surface area contributed by atoms with Crippen LogP contribution in [0.15, 0.2) is 60.7 Å². The van der Waals surface area contributed by atoms with Crippen LogP contribution >= 0.6 is 22.7 Å². The van der Waals surface area contributed by atoms with Crippen LogP contribution in [0.3, 0.4) is 0 Å². The normalized spacial score (nSPS) is 12.7. The minimum absolute atomic E-state index is 0.160. The van der Waals surface area contributed by atoms with Gasteiger partial charge in [0.05, 0.1) is 20.4 Å². The number of hydrogen-bond donors (Lipinski definition) is 0. The molecule has 0 radical (unpaired) electrons. The van der Waals surface area contributed by atoms with Crippen molar-refractivity contribution in [2.75, 3.05) is 0 Å². The van der Waals surface area contributed by atoms with Crippen LogP contribution < -0.4 is 0 Å². The van der Waals surface area contributed by atoms with E-state index >= 15 is 0 Å². The lowest BCUT2D eigenvalue weighted by atomic mass is 9.87. The zero-order chi connectivity index (χ0) is 22.7. The summed E-state index contributed by atoms with van der Waals surface area (Å²) in [5, 5.41) is 2.13. The Balaban J connectivity index is 1.48. The maximum Gasteiger partial charge on any atom is 0.124 e. The number of fused-ring (bicyclic) bond motifs is 2. The smallest absolute Gasteiger partial charge is 0.124 e. The van der Waals surface area contributed by atoms with Crippen LogP contribution in [0.25, 0.3) is 41.6 Å². The van der Waals surface area contributed by atoms with Gasteiger partial charge >= 0.3 is 0 Å². The van der Waals surface area contributed by atoms with Gasteiger partial charge in [0.2, 0.25) is 0 Å². The predicted molar refractivity (Wildman–Crippen MR) is 141 cm³/mol. The second-order valence-corrected chi connectivity index (χ2v) is 12.5. The van der Waals surface area contributed by atoms with Crippen LogP contribution in [0, 0.1) is 0 Å². The second-order valence-electron chi connectivity index (χ2n) is 10.5. The standard InChI is InChI=1S/C28H28N2S2/c1-27(2,3)19-11-7-17(8-12-19)25-29-21-15-24-22(16-23(21)31-25)30-26(32-24)18-9-13-20(14-10-18)28(4,5)6/h7-16H,1-6H3. The molecule has 0 unspecified atom stereocenters. The first-order chi connectivity index (χ1) is 15.1. The minimum Gasteiger partial charge on any atom is -0.236 e. The molecular formula is C28H28N2S2. The maximum atomic E-state index is 4.94. The first-order valence-corrected chi connectivity index (χ1v) is 12.6. The van der Waals surface area contributed by atoms with E-state index in [2.05, 4.69) is 102 Å². The van der Waals surface area contributed by atoms with Crippen molar-refractivity contribution in [2.24, 2.45) is 0 Å². The van der Waals surface area contributed by atoms with Gasteiger partial charge in [0.1, 0.15) is 10.0 Å². The fraction of sp³-hybridized carbons (Fsp3) is 0.286. The molecule has 2 nitrogen and oxygen atoms in total. The number of aromatic nitrogens is 2. The predicted octanol–water partition coefficient (Wildman–Crippen LogP) is 8.84. The maximum absolute atomic E-state index is 4.94. The van der Waals surface area contributed by atoms with Crippen LogP contribution in [0.2, 0.25) is 0 Å². The van der Waals surface area contributed by atoms with Crippen LogP contribution in [-0.4, -0.2) is 9.97 Å². The molecule has 0 aliphatic rings. The molecule has 0 atom stereocenters. The summed E-state index contributed by atoms with van der Waals surface area (Å²) in [4.78, 5) is 9.89. The molecule has 4 heteroatoms. The largest absolute Gasteiger partial charge is 0.236 e. The molecule has 0 saturated carbocycles. The van der Waals surface area contributed by atoms with Gasteiger partial charge in [-0.3, -0.25) is 0 Å². The van der Waals surface area contributed by atoms with E-state index in [9.17, 15) is 0 Å². The highest BCUT2D eigenvalue weighted by atomic mass is 32.1. The van der Waals surface area contributed by atoms with Gasteiger partial charge in [-0.25, -0.2) is 9.97 Å². The summed E-state index contributed by atoms with van der Waals surface area (Å²) in [6.45, 7) is 13.5. The third-order valence-electron chi connectivity index (χ3n) is 5.89. The molecule has 5 aromatic rings. The summed E-state index contributed by atoms with van der Waals surface area (Å²) < 4.78 is 2.37. The highest BCUT2D eigenvalue weighted by molar-refractivity contribution is 7.23. The summed E-state index contributed by atoms with van der Waals surface area (Å²) in [5.74, 6) is 0. The third kappa shape index (κ3) is 3.98. The fourth-order valence-corrected chi connectivity index (χ4v) is 5.79. The molecule has 0 spiro atoms. The van der Waals surface area contributed by atoms with E-state index in [-0.39, 0.29) is 10.8 Å². The Labute approximate surface area is 198 Å². The van der Waals surface area contributed by atoms with E-state index in [1.165, 1.54) is 31.7 Å². The van der Waals surface area contributed by atoms with Gasteiger partial charge in [0.25, 0.3) is 0 Å². The molecular weight excluding hydrogens is 428 g/mol. The third-order valence-corrected chi connectivity index (χ3v) is 8.03. The molecule has 0 bridgehead atoms. The number of rotatable bonds is 2. The zero-order valence-electron chi connectivity index (χ0n) is 19.5. The Morgan fingerprint density at radius 1 is 0.531 bits per heavy atom. The Kier molecular flexibility index (Phi) is 4.99. The molecule has 0 aliphatic heterocycles. The fourth-order valence-electron chi connectivity index (χ4n) is 3.82. The van der Waals surface area contributed by atoms with E-state index in [0.29, 0.717) is 0 Å². The first kappa shape index (κ1) is 21.3. The second kappa shape index (κ2) is 7.50. The van der Waals surface area contributed by atoms with Crippen molar-refractivity contribution in [1.29, 1.82) is 0 Å². The Bertz CT molecular complexity index is 1250. The zero-order valence-corrected chi connectivity index (χ0v) is 21.1. The lowest BCUT2D eigenvalue weighted by Crippen LogP contribution is -2.10.